The Balaban J connectivity index is 3.37. The van der Waals surface area contributed by atoms with Gasteiger partial charge in [0.2, 0.25) is 0 Å². The molecular weight excluding hydrogens is 102 g/mol. The van der Waals surface area contributed by atoms with E-state index in [0.29, 0.717) is 0 Å². The molecule has 8 heavy (non-hydrogen) atoms. The van der Waals surface area contributed by atoms with Crippen LogP contribution in [0.4, 0.5) is 0 Å². The van der Waals surface area contributed by atoms with Crippen LogP contribution in [-0.2, 0) is 4.74 Å². The number of hydrogen-bond donors (Lipinski definition) is 1. The topological polar surface area (TPSA) is 21.3 Å². The summed E-state index contributed by atoms with van der Waals surface area (Å²) in [4.78, 5) is 0. The normalized spacial score (nSPS) is 9.25. The summed E-state index contributed by atoms with van der Waals surface area (Å²) in [5, 5.41) is 2.84. The highest BCUT2D eigenvalue weighted by molar-refractivity contribution is 5.08. The van der Waals surface area contributed by atoms with Gasteiger partial charge in [-0.2, -0.15) is 0 Å². The molecule has 0 saturated carbocycles. The molecule has 0 spiro atoms. The number of rotatable bonds is 3. The van der Waals surface area contributed by atoms with Gasteiger partial charge in [-0.15, -0.1) is 0 Å². The van der Waals surface area contributed by atoms with Crippen LogP contribution in [0.25, 0.3) is 0 Å². The predicted molar refractivity (Wildman–Crippen MR) is 34.3 cm³/mol. The quantitative estimate of drug-likeness (QED) is 0.433. The smallest absolute Gasteiger partial charge is 0.0844 e. The monoisotopic (exact) mass is 113 g/mol. The Hall–Kier alpha value is -0.920. The maximum atomic E-state index is 4.63. The van der Waals surface area contributed by atoms with E-state index in [-0.39, 0.29) is 0 Å². The molecule has 0 aliphatic carbocycles. The Morgan fingerprint density at radius 1 is 1.75 bits per heavy atom. The van der Waals surface area contributed by atoms with Gasteiger partial charge in [-0.1, -0.05) is 6.58 Å². The Morgan fingerprint density at radius 3 is 2.75 bits per heavy atom. The molecule has 0 fully saturated rings. The molecule has 0 aliphatic rings. The molecule has 0 aromatic rings. The number of methoxy groups -OCH3 is 1. The number of allylic oxidation sites excluding steroid dienone is 1. The highest BCUT2D eigenvalue weighted by Crippen LogP contribution is 1.83. The summed E-state index contributed by atoms with van der Waals surface area (Å²) in [6, 6.07) is 0. The van der Waals surface area contributed by atoms with E-state index in [1.165, 1.54) is 0 Å². The summed E-state index contributed by atoms with van der Waals surface area (Å²) in [6.07, 6.45) is 3.32. The van der Waals surface area contributed by atoms with Crippen LogP contribution < -0.4 is 5.32 Å². The molecule has 46 valence electrons. The van der Waals surface area contributed by atoms with E-state index in [0.717, 1.165) is 5.70 Å². The van der Waals surface area contributed by atoms with Crippen LogP contribution in [0.5, 0.6) is 0 Å². The largest absolute Gasteiger partial charge is 0.504 e. The number of likely N-dealkylation sites (N-methyl/N-ethyl adjacent to an activating group) is 1. The molecule has 0 bridgehead atoms. The average molecular weight is 113 g/mol. The van der Waals surface area contributed by atoms with Crippen LogP contribution in [0.2, 0.25) is 0 Å². The minimum absolute atomic E-state index is 0.840. The maximum Gasteiger partial charge on any atom is 0.0844 e. The van der Waals surface area contributed by atoms with Crippen molar-refractivity contribution >= 4 is 0 Å². The fourth-order valence-corrected chi connectivity index (χ4v) is 0.234. The van der Waals surface area contributed by atoms with Gasteiger partial charge in [0, 0.05) is 12.7 Å². The molecule has 0 atom stereocenters. The van der Waals surface area contributed by atoms with Crippen molar-refractivity contribution in [3.63, 3.8) is 0 Å². The maximum absolute atomic E-state index is 4.63. The van der Waals surface area contributed by atoms with Gasteiger partial charge < -0.3 is 10.1 Å². The third kappa shape index (κ3) is 3.28. The molecule has 0 aromatic heterocycles. The van der Waals surface area contributed by atoms with Crippen LogP contribution in [-0.4, -0.2) is 14.2 Å². The van der Waals surface area contributed by atoms with Crippen molar-refractivity contribution in [2.45, 2.75) is 0 Å². The Morgan fingerprint density at radius 2 is 2.38 bits per heavy atom. The molecule has 1 N–H and O–H groups in total. The van der Waals surface area contributed by atoms with Crippen molar-refractivity contribution in [2.24, 2.45) is 0 Å². The van der Waals surface area contributed by atoms with Crippen LogP contribution in [0, 0.1) is 0 Å². The lowest BCUT2D eigenvalue weighted by atomic mass is 10.5. The van der Waals surface area contributed by atoms with E-state index in [4.69, 9.17) is 0 Å². The first kappa shape index (κ1) is 7.08. The van der Waals surface area contributed by atoms with Crippen molar-refractivity contribution in [2.75, 3.05) is 14.2 Å². The summed E-state index contributed by atoms with van der Waals surface area (Å²) in [5.41, 5.74) is 0.840. The molecule has 2 heteroatoms. The molecule has 0 aromatic carbocycles. The zero-order valence-corrected chi connectivity index (χ0v) is 5.27. The van der Waals surface area contributed by atoms with Gasteiger partial charge in [-0.05, 0) is 6.08 Å². The number of nitrogens with one attached hydrogen (secondary N) is 1. The summed E-state index contributed by atoms with van der Waals surface area (Å²) in [7, 11) is 3.40. The minimum atomic E-state index is 0.840. The van der Waals surface area contributed by atoms with Crippen LogP contribution >= 0.6 is 0 Å². The first-order chi connectivity index (χ1) is 3.81. The van der Waals surface area contributed by atoms with E-state index < -0.39 is 0 Å². The van der Waals surface area contributed by atoms with E-state index in [1.54, 1.807) is 19.4 Å². The van der Waals surface area contributed by atoms with Gasteiger partial charge in [-0.3, -0.25) is 0 Å². The molecule has 0 heterocycles. The zero-order valence-electron chi connectivity index (χ0n) is 5.27. The third-order valence-electron chi connectivity index (χ3n) is 0.726. The fourth-order valence-electron chi connectivity index (χ4n) is 0.234. The van der Waals surface area contributed by atoms with Gasteiger partial charge in [0.05, 0.1) is 13.4 Å². The summed E-state index contributed by atoms with van der Waals surface area (Å²) < 4.78 is 4.63. The Bertz CT molecular complexity index is 96.7. The van der Waals surface area contributed by atoms with E-state index >= 15 is 0 Å². The Labute approximate surface area is 49.8 Å². The second-order valence-corrected chi connectivity index (χ2v) is 1.31. The molecular formula is C6H11NO. The second kappa shape index (κ2) is 4.24. The van der Waals surface area contributed by atoms with Crippen molar-refractivity contribution in [1.82, 2.24) is 5.32 Å². The summed E-state index contributed by atoms with van der Waals surface area (Å²) in [6.45, 7) is 3.63. The molecule has 0 amide bonds. The first-order valence-corrected chi connectivity index (χ1v) is 2.37. The van der Waals surface area contributed by atoms with Gasteiger partial charge in [0.25, 0.3) is 0 Å². The van der Waals surface area contributed by atoms with E-state index in [2.05, 4.69) is 16.6 Å². The lowest BCUT2D eigenvalue weighted by molar-refractivity contribution is 0.337. The second-order valence-electron chi connectivity index (χ2n) is 1.31. The van der Waals surface area contributed by atoms with Crippen molar-refractivity contribution in [1.29, 1.82) is 0 Å². The summed E-state index contributed by atoms with van der Waals surface area (Å²) >= 11 is 0. The molecule has 0 rings (SSSR count). The number of ether oxygens (including phenoxy) is 1. The van der Waals surface area contributed by atoms with Crippen LogP contribution in [0.15, 0.2) is 24.6 Å². The lowest BCUT2D eigenvalue weighted by Crippen LogP contribution is -2.00. The van der Waals surface area contributed by atoms with Crippen LogP contribution in [0.3, 0.4) is 0 Å². The summed E-state index contributed by atoms with van der Waals surface area (Å²) in [5.74, 6) is 0. The van der Waals surface area contributed by atoms with Gasteiger partial charge >= 0.3 is 0 Å². The third-order valence-corrected chi connectivity index (χ3v) is 0.726. The lowest BCUT2D eigenvalue weighted by Gasteiger charge is -1.93. The first-order valence-electron chi connectivity index (χ1n) is 2.37. The van der Waals surface area contributed by atoms with Crippen molar-refractivity contribution in [3.05, 3.63) is 24.6 Å². The van der Waals surface area contributed by atoms with Crippen LogP contribution in [0.1, 0.15) is 0 Å². The molecule has 0 saturated heterocycles. The highest BCUT2D eigenvalue weighted by Gasteiger charge is 1.74. The molecule has 0 unspecified atom stereocenters. The zero-order chi connectivity index (χ0) is 6.41. The molecule has 2 nitrogen and oxygen atoms in total. The highest BCUT2D eigenvalue weighted by atomic mass is 16.5. The number of hydrogen-bond acceptors (Lipinski definition) is 2. The van der Waals surface area contributed by atoms with Gasteiger partial charge in [-0.25, -0.2) is 0 Å². The molecule has 0 radical (unpaired) electrons. The molecule has 0 aliphatic heterocycles. The predicted octanol–water partition coefficient (Wildman–Crippen LogP) is 0.880. The average Bonchev–Trinajstić information content (AvgIpc) is 1.83. The van der Waals surface area contributed by atoms with Crippen molar-refractivity contribution in [3.8, 4) is 0 Å². The SMILES string of the molecule is C=C(/C=C/OC)NC. The fraction of sp³-hybridized carbons (Fsp3) is 0.333. The Kier molecular flexibility index (Phi) is 3.76. The van der Waals surface area contributed by atoms with Gasteiger partial charge in [0.1, 0.15) is 0 Å². The van der Waals surface area contributed by atoms with Crippen molar-refractivity contribution < 1.29 is 4.74 Å². The van der Waals surface area contributed by atoms with E-state index in [9.17, 15) is 0 Å². The van der Waals surface area contributed by atoms with E-state index in [1.807, 2.05) is 7.05 Å². The van der Waals surface area contributed by atoms with Gasteiger partial charge in [0.15, 0.2) is 0 Å². The minimum Gasteiger partial charge on any atom is -0.504 e. The standard InChI is InChI=1S/C6H11NO/c1-6(7-2)4-5-8-3/h4-5,7H,1H2,2-3H3/b5-4+.